The molecule has 124 valence electrons. The summed E-state index contributed by atoms with van der Waals surface area (Å²) in [5.41, 5.74) is 3.25. The number of hydrogen-bond acceptors (Lipinski definition) is 3. The zero-order valence-corrected chi connectivity index (χ0v) is 14.7. The van der Waals surface area contributed by atoms with Crippen LogP contribution in [-0.4, -0.2) is 32.8 Å². The smallest absolute Gasteiger partial charge is 0.254 e. The number of carbonyl (C=O) groups excluding carboxylic acids is 1. The van der Waals surface area contributed by atoms with Crippen molar-refractivity contribution < 1.29 is 4.79 Å². The molecule has 0 radical (unpaired) electrons. The summed E-state index contributed by atoms with van der Waals surface area (Å²) < 4.78 is 1.81. The van der Waals surface area contributed by atoms with Gasteiger partial charge in [0.1, 0.15) is 5.52 Å². The van der Waals surface area contributed by atoms with Gasteiger partial charge in [-0.25, -0.2) is 4.68 Å². The van der Waals surface area contributed by atoms with Crippen molar-refractivity contribution in [2.75, 3.05) is 7.05 Å². The molecule has 1 unspecified atom stereocenters. The van der Waals surface area contributed by atoms with Crippen LogP contribution in [0, 0.1) is 0 Å². The number of rotatable bonds is 4. The van der Waals surface area contributed by atoms with Crippen molar-refractivity contribution >= 4 is 28.5 Å². The van der Waals surface area contributed by atoms with Gasteiger partial charge in [-0.3, -0.25) is 4.79 Å². The van der Waals surface area contributed by atoms with E-state index in [1.807, 2.05) is 54.9 Å². The third-order valence-corrected chi connectivity index (χ3v) is 4.53. The molecule has 1 atom stereocenters. The molecule has 1 aromatic heterocycles. The van der Waals surface area contributed by atoms with Gasteiger partial charge in [0.25, 0.3) is 5.91 Å². The predicted molar refractivity (Wildman–Crippen MR) is 95.2 cm³/mol. The monoisotopic (exact) mass is 342 g/mol. The third kappa shape index (κ3) is 2.99. The van der Waals surface area contributed by atoms with E-state index in [9.17, 15) is 4.79 Å². The van der Waals surface area contributed by atoms with Crippen LogP contribution in [0.25, 0.3) is 11.0 Å². The van der Waals surface area contributed by atoms with Gasteiger partial charge < -0.3 is 4.90 Å². The summed E-state index contributed by atoms with van der Waals surface area (Å²) in [6, 6.07) is 13.0. The summed E-state index contributed by atoms with van der Waals surface area (Å²) in [7, 11) is 1.79. The summed E-state index contributed by atoms with van der Waals surface area (Å²) in [5.74, 6) is -0.0598. The van der Waals surface area contributed by atoms with Crippen molar-refractivity contribution in [2.24, 2.45) is 0 Å². The van der Waals surface area contributed by atoms with Gasteiger partial charge in [-0.15, -0.1) is 5.10 Å². The van der Waals surface area contributed by atoms with Crippen LogP contribution in [0.5, 0.6) is 0 Å². The van der Waals surface area contributed by atoms with Crippen LogP contribution in [0.1, 0.15) is 35.8 Å². The minimum atomic E-state index is -0.0850. The lowest BCUT2D eigenvalue weighted by Crippen LogP contribution is -2.29. The molecular weight excluding hydrogens is 324 g/mol. The Bertz CT molecular complexity index is 890. The fourth-order valence-electron chi connectivity index (χ4n) is 2.71. The zero-order valence-electron chi connectivity index (χ0n) is 13.9. The van der Waals surface area contributed by atoms with E-state index >= 15 is 0 Å². The second-order valence-electron chi connectivity index (χ2n) is 5.76. The first-order valence-electron chi connectivity index (χ1n) is 7.87. The first-order valence-corrected chi connectivity index (χ1v) is 8.25. The Kier molecular flexibility index (Phi) is 4.53. The zero-order chi connectivity index (χ0) is 17.3. The van der Waals surface area contributed by atoms with Crippen LogP contribution >= 0.6 is 11.6 Å². The van der Waals surface area contributed by atoms with Crippen LogP contribution in [0.15, 0.2) is 42.5 Å². The highest BCUT2D eigenvalue weighted by Gasteiger charge is 2.20. The maximum absolute atomic E-state index is 12.8. The molecule has 1 amide bonds. The van der Waals surface area contributed by atoms with Gasteiger partial charge >= 0.3 is 0 Å². The maximum atomic E-state index is 12.8. The van der Waals surface area contributed by atoms with E-state index in [4.69, 9.17) is 11.6 Å². The quantitative estimate of drug-likeness (QED) is 0.721. The van der Waals surface area contributed by atoms with E-state index in [0.717, 1.165) is 23.1 Å². The number of carbonyl (C=O) groups is 1. The Hall–Kier alpha value is -2.40. The Balaban J connectivity index is 1.87. The van der Waals surface area contributed by atoms with Gasteiger partial charge in [0.2, 0.25) is 0 Å². The van der Waals surface area contributed by atoms with Gasteiger partial charge in [0, 0.05) is 24.2 Å². The molecule has 0 spiro atoms. The third-order valence-electron chi connectivity index (χ3n) is 4.29. The Morgan fingerprint density at radius 1 is 1.29 bits per heavy atom. The van der Waals surface area contributed by atoms with Gasteiger partial charge in [-0.1, -0.05) is 28.9 Å². The molecule has 3 aromatic rings. The lowest BCUT2D eigenvalue weighted by atomic mass is 10.1. The number of aryl methyl sites for hydroxylation is 1. The molecule has 24 heavy (non-hydrogen) atoms. The van der Waals surface area contributed by atoms with Crippen molar-refractivity contribution in [1.82, 2.24) is 19.9 Å². The molecule has 5 nitrogen and oxygen atoms in total. The number of benzene rings is 2. The molecule has 0 aliphatic heterocycles. The van der Waals surface area contributed by atoms with Crippen molar-refractivity contribution in [1.29, 1.82) is 0 Å². The fraction of sp³-hybridized carbons (Fsp3) is 0.278. The molecule has 0 aliphatic rings. The summed E-state index contributed by atoms with van der Waals surface area (Å²) in [4.78, 5) is 14.5. The number of fused-ring (bicyclic) bond motifs is 1. The second kappa shape index (κ2) is 6.61. The maximum Gasteiger partial charge on any atom is 0.254 e. The summed E-state index contributed by atoms with van der Waals surface area (Å²) in [6.45, 7) is 4.73. The molecule has 0 saturated heterocycles. The lowest BCUT2D eigenvalue weighted by molar-refractivity contribution is 0.0743. The predicted octanol–water partition coefficient (Wildman–Crippen LogP) is 3.94. The summed E-state index contributed by atoms with van der Waals surface area (Å²) in [5, 5.41) is 8.87. The molecular formula is C18H19ClN4O. The Labute approximate surface area is 145 Å². The fourth-order valence-corrected chi connectivity index (χ4v) is 2.91. The molecule has 0 N–H and O–H groups in total. The van der Waals surface area contributed by atoms with Crippen molar-refractivity contribution in [3.05, 3.63) is 58.6 Å². The molecule has 0 bridgehead atoms. The number of nitrogens with zero attached hydrogens (tertiary/aromatic N) is 4. The standard InChI is InChI=1S/C18H19ClN4O/c1-4-23-17-9-8-14(11-16(17)20-21-23)18(24)22(3)12(2)13-6-5-7-15(19)10-13/h5-12H,4H2,1-3H3. The highest BCUT2D eigenvalue weighted by atomic mass is 35.5. The largest absolute Gasteiger partial charge is 0.335 e. The van der Waals surface area contributed by atoms with Gasteiger partial charge in [0.15, 0.2) is 0 Å². The summed E-state index contributed by atoms with van der Waals surface area (Å²) in [6.07, 6.45) is 0. The second-order valence-corrected chi connectivity index (χ2v) is 6.19. The Morgan fingerprint density at radius 3 is 2.79 bits per heavy atom. The van der Waals surface area contributed by atoms with Gasteiger partial charge in [-0.05, 0) is 49.7 Å². The average molecular weight is 343 g/mol. The number of halogens is 1. The minimum Gasteiger partial charge on any atom is -0.335 e. The molecule has 2 aromatic carbocycles. The van der Waals surface area contributed by atoms with Crippen LogP contribution in [-0.2, 0) is 6.54 Å². The van der Waals surface area contributed by atoms with Crippen LogP contribution in [0.3, 0.4) is 0 Å². The van der Waals surface area contributed by atoms with Crippen LogP contribution < -0.4 is 0 Å². The van der Waals surface area contributed by atoms with Crippen LogP contribution in [0.2, 0.25) is 5.02 Å². The van der Waals surface area contributed by atoms with E-state index in [1.54, 1.807) is 18.0 Å². The topological polar surface area (TPSA) is 51.0 Å². The summed E-state index contributed by atoms with van der Waals surface area (Å²) >= 11 is 6.05. The van der Waals surface area contributed by atoms with Crippen molar-refractivity contribution in [3.8, 4) is 0 Å². The number of aromatic nitrogens is 3. The normalized spacial score (nSPS) is 12.3. The molecule has 0 saturated carbocycles. The van der Waals surface area contributed by atoms with E-state index < -0.39 is 0 Å². The van der Waals surface area contributed by atoms with Crippen molar-refractivity contribution in [3.63, 3.8) is 0 Å². The molecule has 0 fully saturated rings. The van der Waals surface area contributed by atoms with E-state index in [-0.39, 0.29) is 11.9 Å². The highest BCUT2D eigenvalue weighted by Crippen LogP contribution is 2.24. The first-order chi connectivity index (χ1) is 11.5. The van der Waals surface area contributed by atoms with Gasteiger partial charge in [-0.2, -0.15) is 0 Å². The van der Waals surface area contributed by atoms with Crippen molar-refractivity contribution in [2.45, 2.75) is 26.4 Å². The average Bonchev–Trinajstić information content (AvgIpc) is 3.02. The lowest BCUT2D eigenvalue weighted by Gasteiger charge is -2.25. The number of amides is 1. The van der Waals surface area contributed by atoms with E-state index in [1.165, 1.54) is 0 Å². The molecule has 6 heteroatoms. The first kappa shape index (κ1) is 16.5. The molecule has 3 rings (SSSR count). The minimum absolute atomic E-state index is 0.0598. The van der Waals surface area contributed by atoms with E-state index in [2.05, 4.69) is 10.3 Å². The van der Waals surface area contributed by atoms with Crippen LogP contribution in [0.4, 0.5) is 0 Å². The highest BCUT2D eigenvalue weighted by molar-refractivity contribution is 6.30. The van der Waals surface area contributed by atoms with E-state index in [0.29, 0.717) is 10.6 Å². The Morgan fingerprint density at radius 2 is 2.08 bits per heavy atom. The SMILES string of the molecule is CCn1nnc2cc(C(=O)N(C)C(C)c3cccc(Cl)c3)ccc21. The van der Waals surface area contributed by atoms with Gasteiger partial charge in [0.05, 0.1) is 11.6 Å². The molecule has 0 aliphatic carbocycles. The number of hydrogen-bond donors (Lipinski definition) is 0. The molecule has 1 heterocycles.